The minimum absolute atomic E-state index is 0.0702. The zero-order valence-electron chi connectivity index (χ0n) is 16.0. The molecule has 2 aliphatic rings. The molecule has 28 heavy (non-hydrogen) atoms. The average molecular weight is 376 g/mol. The van der Waals surface area contributed by atoms with E-state index in [1.165, 1.54) is 0 Å². The molecule has 2 aromatic carbocycles. The summed E-state index contributed by atoms with van der Waals surface area (Å²) in [6.45, 7) is 2.50. The number of benzene rings is 2. The Kier molecular flexibility index (Phi) is 5.24. The summed E-state index contributed by atoms with van der Waals surface area (Å²) in [4.78, 5) is 23.5. The third kappa shape index (κ3) is 3.33. The van der Waals surface area contributed by atoms with E-state index in [0.29, 0.717) is 25.3 Å². The smallest absolute Gasteiger partial charge is 0.340 e. The largest absolute Gasteiger partial charge is 0.464 e. The van der Waals surface area contributed by atoms with Crippen molar-refractivity contribution in [2.75, 3.05) is 6.61 Å². The summed E-state index contributed by atoms with van der Waals surface area (Å²) in [5, 5.41) is 4.37. The van der Waals surface area contributed by atoms with Gasteiger partial charge in [-0.3, -0.25) is 4.99 Å². The molecule has 5 nitrogen and oxygen atoms in total. The van der Waals surface area contributed by atoms with Crippen LogP contribution < -0.4 is 0 Å². The molecule has 1 heterocycles. The van der Waals surface area contributed by atoms with Crippen molar-refractivity contribution in [3.63, 3.8) is 0 Å². The van der Waals surface area contributed by atoms with E-state index < -0.39 is 5.54 Å². The number of rotatable bonds is 6. The topological polar surface area (TPSA) is 60.2 Å². The molecule has 0 saturated heterocycles. The van der Waals surface area contributed by atoms with Gasteiger partial charge in [-0.2, -0.15) is 0 Å². The van der Waals surface area contributed by atoms with Gasteiger partial charge in [0.25, 0.3) is 0 Å². The molecule has 2 atom stereocenters. The molecule has 0 N–H and O–H groups in total. The fraction of sp³-hybridized carbons (Fsp3) is 0.348. The number of carbonyl (C=O) groups excluding carboxylic acids is 1. The number of esters is 1. The van der Waals surface area contributed by atoms with Gasteiger partial charge in [-0.15, -0.1) is 0 Å². The molecule has 0 spiro atoms. The number of nitrogens with zero attached hydrogens (tertiary/aromatic N) is 2. The van der Waals surface area contributed by atoms with Crippen LogP contribution in [0.3, 0.4) is 0 Å². The second kappa shape index (κ2) is 7.97. The Bertz CT molecular complexity index is 893. The van der Waals surface area contributed by atoms with Gasteiger partial charge in [0.1, 0.15) is 6.61 Å². The van der Waals surface area contributed by atoms with E-state index >= 15 is 0 Å². The van der Waals surface area contributed by atoms with Gasteiger partial charge in [-0.25, -0.2) is 4.79 Å². The summed E-state index contributed by atoms with van der Waals surface area (Å²) in [7, 11) is 0. The SMILES string of the molecule is CCOC(=O)[C@]12N=C(c3ccccc3)C[C@H]1CC/C2=N\OCc1ccccc1. The zero-order valence-corrected chi connectivity index (χ0v) is 16.0. The van der Waals surface area contributed by atoms with Crippen molar-refractivity contribution in [2.45, 2.75) is 38.3 Å². The second-order valence-electron chi connectivity index (χ2n) is 7.15. The van der Waals surface area contributed by atoms with Crippen molar-refractivity contribution in [1.82, 2.24) is 0 Å². The van der Waals surface area contributed by atoms with E-state index in [4.69, 9.17) is 14.6 Å². The molecule has 1 saturated carbocycles. The Labute approximate surface area is 165 Å². The van der Waals surface area contributed by atoms with E-state index in [-0.39, 0.29) is 11.9 Å². The van der Waals surface area contributed by atoms with Gasteiger partial charge in [-0.05, 0) is 37.3 Å². The van der Waals surface area contributed by atoms with Crippen molar-refractivity contribution < 1.29 is 14.4 Å². The lowest BCUT2D eigenvalue weighted by Gasteiger charge is -2.24. The zero-order chi connectivity index (χ0) is 19.4. The molecule has 1 aliphatic heterocycles. The molecule has 1 aliphatic carbocycles. The van der Waals surface area contributed by atoms with E-state index in [2.05, 4.69) is 5.16 Å². The van der Waals surface area contributed by atoms with Crippen LogP contribution in [0.1, 0.15) is 37.3 Å². The minimum Gasteiger partial charge on any atom is -0.464 e. The molecule has 0 radical (unpaired) electrons. The fourth-order valence-electron chi connectivity index (χ4n) is 4.10. The predicted molar refractivity (Wildman–Crippen MR) is 108 cm³/mol. The molecule has 5 heteroatoms. The summed E-state index contributed by atoms with van der Waals surface area (Å²) in [6, 6.07) is 19.9. The van der Waals surface area contributed by atoms with E-state index in [0.717, 1.165) is 29.7 Å². The maximum Gasteiger partial charge on any atom is 0.340 e. The van der Waals surface area contributed by atoms with Crippen molar-refractivity contribution in [2.24, 2.45) is 16.1 Å². The van der Waals surface area contributed by atoms with Gasteiger partial charge in [0.2, 0.25) is 5.54 Å². The Morgan fingerprint density at radius 2 is 1.86 bits per heavy atom. The standard InChI is InChI=1S/C23H24N2O3/c1-2-27-22(26)23-19(15-20(24-23)18-11-7-4-8-12-18)13-14-21(23)25-28-16-17-9-5-3-6-10-17/h3-12,19H,2,13-16H2,1H3/b25-21+/t19-,23+/m1/s1. The highest BCUT2D eigenvalue weighted by molar-refractivity contribution is 6.18. The van der Waals surface area contributed by atoms with E-state index in [9.17, 15) is 4.79 Å². The van der Waals surface area contributed by atoms with Crippen molar-refractivity contribution >= 4 is 17.4 Å². The molecule has 144 valence electrons. The number of aliphatic imine (C=N–C) groups is 1. The molecular weight excluding hydrogens is 352 g/mol. The first-order valence-electron chi connectivity index (χ1n) is 9.78. The predicted octanol–water partition coefficient (Wildman–Crippen LogP) is 4.16. The van der Waals surface area contributed by atoms with Gasteiger partial charge in [0.15, 0.2) is 0 Å². The number of hydrogen-bond donors (Lipinski definition) is 0. The lowest BCUT2D eigenvalue weighted by Crippen LogP contribution is -2.45. The molecule has 0 aromatic heterocycles. The maximum atomic E-state index is 13.0. The van der Waals surface area contributed by atoms with Gasteiger partial charge in [0, 0.05) is 11.6 Å². The quantitative estimate of drug-likeness (QED) is 0.562. The number of hydrogen-bond acceptors (Lipinski definition) is 5. The van der Waals surface area contributed by atoms with Crippen LogP contribution in [0.25, 0.3) is 0 Å². The molecular formula is C23H24N2O3. The molecule has 4 rings (SSSR count). The summed E-state index contributed by atoms with van der Waals surface area (Å²) >= 11 is 0. The highest BCUT2D eigenvalue weighted by atomic mass is 16.6. The van der Waals surface area contributed by atoms with Gasteiger partial charge in [-0.1, -0.05) is 65.8 Å². The lowest BCUT2D eigenvalue weighted by atomic mass is 9.86. The molecule has 2 aromatic rings. The van der Waals surface area contributed by atoms with E-state index in [1.807, 2.05) is 67.6 Å². The monoisotopic (exact) mass is 376 g/mol. The number of carbonyl (C=O) groups is 1. The summed E-state index contributed by atoms with van der Waals surface area (Å²) in [5.41, 5.74) is 2.65. The van der Waals surface area contributed by atoms with Crippen molar-refractivity contribution in [3.8, 4) is 0 Å². The summed E-state index contributed by atoms with van der Waals surface area (Å²) in [6.07, 6.45) is 2.30. The summed E-state index contributed by atoms with van der Waals surface area (Å²) < 4.78 is 5.43. The Hall–Kier alpha value is -2.95. The first-order valence-corrected chi connectivity index (χ1v) is 9.78. The highest BCUT2D eigenvalue weighted by Crippen LogP contribution is 2.45. The lowest BCUT2D eigenvalue weighted by molar-refractivity contribution is -0.147. The third-order valence-corrected chi connectivity index (χ3v) is 5.45. The molecule has 1 fully saturated rings. The Morgan fingerprint density at radius 1 is 1.14 bits per heavy atom. The van der Waals surface area contributed by atoms with Crippen LogP contribution in [-0.4, -0.2) is 29.5 Å². The summed E-state index contributed by atoms with van der Waals surface area (Å²) in [5.74, 6) is -0.244. The van der Waals surface area contributed by atoms with Crippen LogP contribution in [0, 0.1) is 5.92 Å². The number of fused-ring (bicyclic) bond motifs is 1. The highest BCUT2D eigenvalue weighted by Gasteiger charge is 2.59. The van der Waals surface area contributed by atoms with E-state index in [1.54, 1.807) is 0 Å². The van der Waals surface area contributed by atoms with Crippen LogP contribution in [0.2, 0.25) is 0 Å². The molecule has 0 bridgehead atoms. The van der Waals surface area contributed by atoms with Crippen LogP contribution in [0.5, 0.6) is 0 Å². The maximum absolute atomic E-state index is 13.0. The van der Waals surface area contributed by atoms with Crippen molar-refractivity contribution in [1.29, 1.82) is 0 Å². The molecule has 0 unspecified atom stereocenters. The van der Waals surface area contributed by atoms with Crippen LogP contribution >= 0.6 is 0 Å². The van der Waals surface area contributed by atoms with Crippen LogP contribution in [0.15, 0.2) is 70.8 Å². The third-order valence-electron chi connectivity index (χ3n) is 5.45. The molecule has 0 amide bonds. The second-order valence-corrected chi connectivity index (χ2v) is 7.15. The fourth-order valence-corrected chi connectivity index (χ4v) is 4.10. The average Bonchev–Trinajstić information content (AvgIpc) is 3.27. The van der Waals surface area contributed by atoms with Gasteiger partial charge in [0.05, 0.1) is 12.3 Å². The van der Waals surface area contributed by atoms with Crippen LogP contribution in [-0.2, 0) is 21.0 Å². The number of oxime groups is 1. The van der Waals surface area contributed by atoms with Gasteiger partial charge >= 0.3 is 5.97 Å². The Morgan fingerprint density at radius 3 is 2.57 bits per heavy atom. The van der Waals surface area contributed by atoms with Crippen molar-refractivity contribution in [3.05, 3.63) is 71.8 Å². The first-order chi connectivity index (χ1) is 13.7. The first kappa shape index (κ1) is 18.4. The van der Waals surface area contributed by atoms with Gasteiger partial charge < -0.3 is 9.57 Å². The Balaban J connectivity index is 1.64. The minimum atomic E-state index is -1.04. The normalized spacial score (nSPS) is 24.7. The number of ether oxygens (including phenoxy) is 1. The van der Waals surface area contributed by atoms with Crippen LogP contribution in [0.4, 0.5) is 0 Å².